The Morgan fingerprint density at radius 2 is 0.530 bits per heavy atom. The van der Waals surface area contributed by atoms with Gasteiger partial charge in [0.15, 0.2) is 0 Å². The largest absolute Gasteiger partial charge is 0.507 e. The SMILES string of the molecule is O=C(O)c1ccc(/C=C/c2ccc3c(-c4c(O)cc(/C=C/c5ccc(C(=O)O)cc5)c5cc(/C=C/c6ccc(C(=O)O)cc6)ccc45)c(O)cc(/C=C/c4ccc(C(=O)O)cc4)c3c2)cc1. The Bertz CT molecular complexity index is 3110. The first-order valence-electron chi connectivity index (χ1n) is 20.5. The zero-order valence-corrected chi connectivity index (χ0v) is 34.8. The number of fused-ring (bicyclic) bond motifs is 2. The standard InChI is InChI=1S/C56H38O10/c57-49-31-43(25-13-35-9-21-41(22-10-35)55(63)64)47-29-37(3-1-33-5-17-39(18-6-33)53(59)60)15-27-45(47)51(49)52-46-28-16-38(4-2-34-7-19-40(20-8-34)54(61)62)30-48(46)44(32-50(52)58)26-14-36-11-23-42(24-12-36)56(65)66/h1-32,57-58H,(H,59,60)(H,61,62)(H,63,64)(H,65,66)/b3-1+,4-2+,25-13+,26-14+. The summed E-state index contributed by atoms with van der Waals surface area (Å²) < 4.78 is 0. The summed E-state index contributed by atoms with van der Waals surface area (Å²) in [4.78, 5) is 45.8. The van der Waals surface area contributed by atoms with Crippen LogP contribution < -0.4 is 0 Å². The van der Waals surface area contributed by atoms with Gasteiger partial charge in [-0.15, -0.1) is 0 Å². The van der Waals surface area contributed by atoms with E-state index in [1.54, 1.807) is 60.7 Å². The van der Waals surface area contributed by atoms with Crippen molar-refractivity contribution in [3.8, 4) is 22.6 Å². The number of carboxylic acids is 4. The summed E-state index contributed by atoms with van der Waals surface area (Å²) in [6.45, 7) is 0. The predicted octanol–water partition coefficient (Wildman–Crippen LogP) is 12.5. The van der Waals surface area contributed by atoms with Crippen LogP contribution in [0.3, 0.4) is 0 Å². The van der Waals surface area contributed by atoms with E-state index in [0.717, 1.165) is 44.2 Å². The molecule has 8 aromatic rings. The van der Waals surface area contributed by atoms with Crippen molar-refractivity contribution < 1.29 is 49.8 Å². The van der Waals surface area contributed by atoms with Crippen molar-refractivity contribution in [1.29, 1.82) is 0 Å². The van der Waals surface area contributed by atoms with E-state index in [4.69, 9.17) is 0 Å². The average molecular weight is 871 g/mol. The van der Waals surface area contributed by atoms with E-state index in [1.807, 2.05) is 85.0 Å². The van der Waals surface area contributed by atoms with Crippen molar-refractivity contribution in [3.63, 3.8) is 0 Å². The Labute approximate surface area is 377 Å². The van der Waals surface area contributed by atoms with Gasteiger partial charge < -0.3 is 30.6 Å². The van der Waals surface area contributed by atoms with Crippen LogP contribution >= 0.6 is 0 Å². The van der Waals surface area contributed by atoms with Crippen LogP contribution in [0, 0.1) is 0 Å². The van der Waals surface area contributed by atoms with Crippen LogP contribution in [0.25, 0.3) is 81.3 Å². The van der Waals surface area contributed by atoms with Gasteiger partial charge in [0.05, 0.1) is 22.3 Å². The third kappa shape index (κ3) is 9.53. The van der Waals surface area contributed by atoms with Gasteiger partial charge in [0.2, 0.25) is 0 Å². The number of rotatable bonds is 13. The molecule has 0 aliphatic carbocycles. The van der Waals surface area contributed by atoms with Gasteiger partial charge in [0.25, 0.3) is 0 Å². The molecule has 322 valence electrons. The maximum atomic E-state index is 12.0. The Morgan fingerprint density at radius 3 is 0.803 bits per heavy atom. The van der Waals surface area contributed by atoms with Gasteiger partial charge in [-0.05, 0) is 139 Å². The minimum Gasteiger partial charge on any atom is -0.507 e. The lowest BCUT2D eigenvalue weighted by Crippen LogP contribution is -1.95. The van der Waals surface area contributed by atoms with Crippen LogP contribution in [0.2, 0.25) is 0 Å². The number of hydrogen-bond acceptors (Lipinski definition) is 6. The fourth-order valence-corrected chi connectivity index (χ4v) is 7.62. The van der Waals surface area contributed by atoms with E-state index < -0.39 is 23.9 Å². The van der Waals surface area contributed by atoms with Crippen LogP contribution in [0.1, 0.15) is 85.9 Å². The third-order valence-corrected chi connectivity index (χ3v) is 11.1. The molecule has 0 aliphatic rings. The lowest BCUT2D eigenvalue weighted by molar-refractivity contribution is 0.0686. The second-order valence-electron chi connectivity index (χ2n) is 15.4. The summed E-state index contributed by atoms with van der Waals surface area (Å²) in [5.41, 5.74) is 7.25. The van der Waals surface area contributed by atoms with Crippen LogP contribution in [0.5, 0.6) is 11.5 Å². The summed E-state index contributed by atoms with van der Waals surface area (Å²) in [5.74, 6) is -4.35. The summed E-state index contributed by atoms with van der Waals surface area (Å²) in [5, 5.41) is 64.2. The van der Waals surface area contributed by atoms with E-state index in [-0.39, 0.29) is 33.8 Å². The highest BCUT2D eigenvalue weighted by Gasteiger charge is 2.21. The molecule has 6 N–H and O–H groups in total. The number of hydrogen-bond donors (Lipinski definition) is 6. The monoisotopic (exact) mass is 870 g/mol. The predicted molar refractivity (Wildman–Crippen MR) is 260 cm³/mol. The van der Waals surface area contributed by atoms with Crippen molar-refractivity contribution in [2.75, 3.05) is 0 Å². The number of benzene rings is 8. The first kappa shape index (κ1) is 43.4. The zero-order chi connectivity index (χ0) is 46.5. The molecule has 0 unspecified atom stereocenters. The second-order valence-corrected chi connectivity index (χ2v) is 15.4. The van der Waals surface area contributed by atoms with Gasteiger partial charge in [0, 0.05) is 11.1 Å². The molecule has 0 saturated heterocycles. The molecule has 0 radical (unpaired) electrons. The quantitative estimate of drug-likeness (QED) is 0.0608. The number of carbonyl (C=O) groups is 4. The van der Waals surface area contributed by atoms with Gasteiger partial charge in [-0.25, -0.2) is 19.2 Å². The number of carboxylic acid groups (broad SMARTS) is 4. The molecule has 8 rings (SSSR count). The van der Waals surface area contributed by atoms with Crippen molar-refractivity contribution >= 4 is 94.0 Å². The Hall–Kier alpha value is -9.28. The molecule has 10 heteroatoms. The highest BCUT2D eigenvalue weighted by Crippen LogP contribution is 2.47. The first-order chi connectivity index (χ1) is 31.8. The molecule has 0 heterocycles. The van der Waals surface area contributed by atoms with E-state index in [2.05, 4.69) is 0 Å². The van der Waals surface area contributed by atoms with Crippen molar-refractivity contribution in [1.82, 2.24) is 0 Å². The van der Waals surface area contributed by atoms with Gasteiger partial charge in [-0.3, -0.25) is 0 Å². The molecule has 66 heavy (non-hydrogen) atoms. The van der Waals surface area contributed by atoms with E-state index in [0.29, 0.717) is 33.0 Å². The summed E-state index contributed by atoms with van der Waals surface area (Å²) in [7, 11) is 0. The topological polar surface area (TPSA) is 190 Å². The first-order valence-corrected chi connectivity index (χ1v) is 20.5. The molecule has 10 nitrogen and oxygen atoms in total. The van der Waals surface area contributed by atoms with Gasteiger partial charge in [-0.1, -0.05) is 121 Å². The normalized spacial score (nSPS) is 11.7. The summed E-state index contributed by atoms with van der Waals surface area (Å²) in [6, 6.07) is 40.3. The zero-order valence-electron chi connectivity index (χ0n) is 34.8. The molecule has 0 aromatic heterocycles. The molecule has 8 aromatic carbocycles. The van der Waals surface area contributed by atoms with Crippen molar-refractivity contribution in [2.45, 2.75) is 0 Å². The number of phenols is 2. The minimum absolute atomic E-state index is 0.114. The molecular formula is C56H38O10. The number of aromatic hydroxyl groups is 2. The van der Waals surface area contributed by atoms with Gasteiger partial charge in [0.1, 0.15) is 11.5 Å². The smallest absolute Gasteiger partial charge is 0.335 e. The minimum atomic E-state index is -1.04. The lowest BCUT2D eigenvalue weighted by atomic mass is 9.87. The maximum absolute atomic E-state index is 12.0. The molecule has 0 bridgehead atoms. The molecule has 0 spiro atoms. The Kier molecular flexibility index (Phi) is 12.2. The fraction of sp³-hybridized carbons (Fsp3) is 0. The fourth-order valence-electron chi connectivity index (χ4n) is 7.62. The molecule has 0 aliphatic heterocycles. The highest BCUT2D eigenvalue weighted by molar-refractivity contribution is 6.14. The van der Waals surface area contributed by atoms with E-state index in [9.17, 15) is 49.8 Å². The summed E-state index contributed by atoms with van der Waals surface area (Å²) >= 11 is 0. The molecule has 0 amide bonds. The maximum Gasteiger partial charge on any atom is 0.335 e. The lowest BCUT2D eigenvalue weighted by Gasteiger charge is -2.18. The second kappa shape index (κ2) is 18.6. The molecule has 0 fully saturated rings. The van der Waals surface area contributed by atoms with Crippen LogP contribution in [-0.2, 0) is 0 Å². The highest BCUT2D eigenvalue weighted by atomic mass is 16.4. The van der Waals surface area contributed by atoms with Gasteiger partial charge in [-0.2, -0.15) is 0 Å². The molecule has 0 atom stereocenters. The van der Waals surface area contributed by atoms with Crippen LogP contribution in [0.15, 0.2) is 146 Å². The van der Waals surface area contributed by atoms with E-state index >= 15 is 0 Å². The van der Waals surface area contributed by atoms with Crippen molar-refractivity contribution in [3.05, 3.63) is 212 Å². The third-order valence-electron chi connectivity index (χ3n) is 11.1. The van der Waals surface area contributed by atoms with Crippen LogP contribution in [-0.4, -0.2) is 54.5 Å². The number of phenolic OH excluding ortho intramolecular Hbond substituents is 2. The van der Waals surface area contributed by atoms with Gasteiger partial charge >= 0.3 is 23.9 Å². The van der Waals surface area contributed by atoms with Crippen LogP contribution in [0.4, 0.5) is 0 Å². The van der Waals surface area contributed by atoms with Crippen molar-refractivity contribution in [2.24, 2.45) is 0 Å². The number of aromatic carboxylic acids is 4. The Balaban J connectivity index is 1.28. The summed E-state index contributed by atoms with van der Waals surface area (Å²) in [6.07, 6.45) is 14.8. The Morgan fingerprint density at radius 1 is 0.288 bits per heavy atom. The van der Waals surface area contributed by atoms with E-state index in [1.165, 1.54) is 48.5 Å². The molecule has 0 saturated carbocycles. The average Bonchev–Trinajstić information content (AvgIpc) is 3.32. The molecular weight excluding hydrogens is 833 g/mol.